The van der Waals surface area contributed by atoms with Gasteiger partial charge >= 0.3 is 0 Å². The predicted octanol–water partition coefficient (Wildman–Crippen LogP) is 29.4. The van der Waals surface area contributed by atoms with Gasteiger partial charge in [-0.15, -0.1) is 0 Å². The van der Waals surface area contributed by atoms with Crippen LogP contribution >= 0.6 is 0 Å². The largest absolute Gasteiger partial charge is 0.456 e. The summed E-state index contributed by atoms with van der Waals surface area (Å²) in [6.07, 6.45) is 0. The molecule has 3 heterocycles. The quantitative estimate of drug-likeness (QED) is 0.118. The van der Waals surface area contributed by atoms with Crippen LogP contribution in [0.15, 0.2) is 365 Å². The number of furan rings is 3. The summed E-state index contributed by atoms with van der Waals surface area (Å²) in [7, 11) is 0. The molecular formula is C102H58O3. The topological polar surface area (TPSA) is 39.4 Å². The van der Waals surface area contributed by atoms with Gasteiger partial charge in [-0.25, -0.2) is 0 Å². The summed E-state index contributed by atoms with van der Waals surface area (Å²) < 4.78 is 20.7. The first-order valence-electron chi connectivity index (χ1n) is 36.2. The molecule has 0 atom stereocenters. The molecule has 0 saturated carbocycles. The first kappa shape index (κ1) is 57.9. The third kappa shape index (κ3) is 8.73. The second-order valence-corrected chi connectivity index (χ2v) is 28.4. The Morgan fingerprint density at radius 1 is 0.143 bits per heavy atom. The van der Waals surface area contributed by atoms with E-state index < -0.39 is 0 Å². The first-order valence-corrected chi connectivity index (χ1v) is 36.2. The maximum atomic E-state index is 7.46. The van der Waals surface area contributed by atoms with Gasteiger partial charge < -0.3 is 13.3 Å². The summed E-state index contributed by atoms with van der Waals surface area (Å²) in [5.74, 6) is 0. The lowest BCUT2D eigenvalue weighted by molar-refractivity contribution is 0.669. The fourth-order valence-corrected chi connectivity index (χ4v) is 18.0. The van der Waals surface area contributed by atoms with Crippen LogP contribution < -0.4 is 0 Å². The van der Waals surface area contributed by atoms with Crippen molar-refractivity contribution in [1.82, 2.24) is 0 Å². The Morgan fingerprint density at radius 3 is 1.19 bits per heavy atom. The van der Waals surface area contributed by atoms with Crippen LogP contribution in [0.2, 0.25) is 0 Å². The highest BCUT2D eigenvalue weighted by atomic mass is 16.3. The number of fused-ring (bicyclic) bond motifs is 19. The van der Waals surface area contributed by atoms with E-state index in [0.717, 1.165) is 148 Å². The molecular weight excluding hydrogens is 1270 g/mol. The highest BCUT2D eigenvalue weighted by molar-refractivity contribution is 6.29. The van der Waals surface area contributed by atoms with Crippen molar-refractivity contribution in [3.05, 3.63) is 352 Å². The molecule has 0 unspecified atom stereocenters. The van der Waals surface area contributed by atoms with Crippen molar-refractivity contribution in [1.29, 1.82) is 0 Å². The molecule has 0 radical (unpaired) electrons. The average Bonchev–Trinajstić information content (AvgIpc) is 0.830. The Bertz CT molecular complexity index is 7650. The normalized spacial score (nSPS) is 12.2. The molecule has 0 amide bonds. The molecule has 23 aromatic rings. The molecule has 0 spiro atoms. The zero-order valence-corrected chi connectivity index (χ0v) is 56.7. The highest BCUT2D eigenvalue weighted by Crippen LogP contribution is 2.52. The van der Waals surface area contributed by atoms with Crippen LogP contribution in [0.1, 0.15) is 0 Å². The lowest BCUT2D eigenvalue weighted by atomic mass is 9.83. The van der Waals surface area contributed by atoms with E-state index >= 15 is 0 Å². The van der Waals surface area contributed by atoms with Crippen LogP contribution in [0.5, 0.6) is 0 Å². The van der Waals surface area contributed by atoms with Gasteiger partial charge in [0.1, 0.15) is 33.5 Å². The minimum atomic E-state index is 0.843. The van der Waals surface area contributed by atoms with E-state index in [9.17, 15) is 0 Å². The molecule has 0 bridgehead atoms. The minimum absolute atomic E-state index is 0.843. The van der Waals surface area contributed by atoms with Crippen molar-refractivity contribution >= 4 is 163 Å². The third-order valence-corrected chi connectivity index (χ3v) is 22.7. The standard InChI is InChI=1S/C102H58O3/c1-2-19-62-53-86-69(50-61(62)18-1)43-42-68-52-72(45-46-73(68)86)97-81-30-11-12-31-82(81)98(85-34-17-37-92-100(85)88-54-63-20-3-5-22-65(63)57-93(88)104-92)87-56-70(44-47-83(87)97)76-49-48-75(101-89-55-64-21-4-6-23-66(64)58-94(89)105-102(76)101)67-24-15-25-71(51-67)96-79-28-9-7-26-77(79)95(78-27-8-10-29-80(78)96)60-40-38-59(39-41-60)74-33-16-36-91-99(74)84-32-13-14-35-90(84)103-91/h1-58H. The summed E-state index contributed by atoms with van der Waals surface area (Å²) in [5.41, 5.74) is 21.2. The van der Waals surface area contributed by atoms with Gasteiger partial charge in [0, 0.05) is 37.9 Å². The molecule has 20 aromatic carbocycles. The third-order valence-electron chi connectivity index (χ3n) is 22.7. The molecule has 3 nitrogen and oxygen atoms in total. The number of para-hydroxylation sites is 1. The van der Waals surface area contributed by atoms with Crippen LogP contribution in [0.4, 0.5) is 0 Å². The van der Waals surface area contributed by atoms with Gasteiger partial charge in [-0.3, -0.25) is 0 Å². The second-order valence-electron chi connectivity index (χ2n) is 28.4. The molecule has 0 aliphatic heterocycles. The van der Waals surface area contributed by atoms with Crippen LogP contribution in [-0.2, 0) is 0 Å². The van der Waals surface area contributed by atoms with Gasteiger partial charge in [-0.1, -0.05) is 273 Å². The van der Waals surface area contributed by atoms with Crippen molar-refractivity contribution < 1.29 is 13.3 Å². The van der Waals surface area contributed by atoms with E-state index in [2.05, 4.69) is 346 Å². The molecule has 0 saturated heterocycles. The van der Waals surface area contributed by atoms with E-state index in [1.54, 1.807) is 0 Å². The number of benzene rings is 20. The van der Waals surface area contributed by atoms with Gasteiger partial charge in [-0.05, 0) is 248 Å². The van der Waals surface area contributed by atoms with E-state index in [1.165, 1.54) is 92.3 Å². The predicted molar refractivity (Wildman–Crippen MR) is 444 cm³/mol. The Kier molecular flexibility index (Phi) is 12.3. The van der Waals surface area contributed by atoms with Crippen molar-refractivity contribution in [2.45, 2.75) is 0 Å². The molecule has 105 heavy (non-hydrogen) atoms. The van der Waals surface area contributed by atoms with Crippen molar-refractivity contribution in [3.63, 3.8) is 0 Å². The minimum Gasteiger partial charge on any atom is -0.456 e. The molecule has 484 valence electrons. The number of rotatable bonds is 7. The Labute approximate surface area is 601 Å². The van der Waals surface area contributed by atoms with Crippen LogP contribution in [0.25, 0.3) is 241 Å². The van der Waals surface area contributed by atoms with Crippen LogP contribution in [0.3, 0.4) is 0 Å². The molecule has 0 aliphatic carbocycles. The van der Waals surface area contributed by atoms with Gasteiger partial charge in [0.2, 0.25) is 0 Å². The number of hydrogen-bond acceptors (Lipinski definition) is 3. The molecule has 0 N–H and O–H groups in total. The summed E-state index contributed by atoms with van der Waals surface area (Å²) in [4.78, 5) is 0. The molecule has 3 heteroatoms. The lowest BCUT2D eigenvalue weighted by Gasteiger charge is -2.20. The van der Waals surface area contributed by atoms with Crippen molar-refractivity contribution in [2.75, 3.05) is 0 Å². The monoisotopic (exact) mass is 1330 g/mol. The van der Waals surface area contributed by atoms with E-state index in [0.29, 0.717) is 0 Å². The fraction of sp³-hybridized carbons (Fsp3) is 0. The number of hydrogen-bond donors (Lipinski definition) is 0. The van der Waals surface area contributed by atoms with E-state index in [1.807, 2.05) is 6.07 Å². The molecule has 0 aliphatic rings. The van der Waals surface area contributed by atoms with Crippen LogP contribution in [0, 0.1) is 0 Å². The summed E-state index contributed by atoms with van der Waals surface area (Å²) in [5, 5.41) is 28.1. The van der Waals surface area contributed by atoms with Crippen molar-refractivity contribution in [3.8, 4) is 77.9 Å². The lowest BCUT2D eigenvalue weighted by Crippen LogP contribution is -1.93. The van der Waals surface area contributed by atoms with Crippen LogP contribution in [-0.4, -0.2) is 0 Å². The highest BCUT2D eigenvalue weighted by Gasteiger charge is 2.26. The van der Waals surface area contributed by atoms with E-state index in [4.69, 9.17) is 13.3 Å². The van der Waals surface area contributed by atoms with Gasteiger partial charge in [0.05, 0.1) is 0 Å². The summed E-state index contributed by atoms with van der Waals surface area (Å²) in [6.45, 7) is 0. The van der Waals surface area contributed by atoms with Gasteiger partial charge in [0.25, 0.3) is 0 Å². The molecule has 0 fully saturated rings. The smallest absolute Gasteiger partial charge is 0.143 e. The van der Waals surface area contributed by atoms with Gasteiger partial charge in [0.15, 0.2) is 0 Å². The van der Waals surface area contributed by atoms with E-state index in [-0.39, 0.29) is 0 Å². The SMILES string of the molecule is c1cc(-c2c3ccccc3c(-c3ccc(-c4cccc5oc6ccccc6c45)cc3)c3ccccc23)cc(-c2ccc(-c3ccc4c(-c5ccc6c(ccc7cc8ccccc8cc76)c5)c5ccccc5c(-c5cccc6oc7cc8ccccc8cc7c56)c4c3)c3oc4cc5ccccc5cc4c23)c1. The zero-order valence-electron chi connectivity index (χ0n) is 56.7. The summed E-state index contributed by atoms with van der Waals surface area (Å²) in [6, 6.07) is 130. The van der Waals surface area contributed by atoms with Crippen molar-refractivity contribution in [2.24, 2.45) is 0 Å². The fourth-order valence-electron chi connectivity index (χ4n) is 18.0. The maximum Gasteiger partial charge on any atom is 0.143 e. The Morgan fingerprint density at radius 2 is 0.543 bits per heavy atom. The average molecular weight is 1330 g/mol. The second kappa shape index (κ2) is 22.3. The van der Waals surface area contributed by atoms with Gasteiger partial charge in [-0.2, -0.15) is 0 Å². The first-order chi connectivity index (χ1) is 52.0. The zero-order chi connectivity index (χ0) is 68.5. The Hall–Kier alpha value is -13.9. The summed E-state index contributed by atoms with van der Waals surface area (Å²) >= 11 is 0. The molecule has 3 aromatic heterocycles. The molecule has 23 rings (SSSR count). The maximum absolute atomic E-state index is 7.46. The Balaban J connectivity index is 0.725.